The number of pyridine rings is 1. The van der Waals surface area contributed by atoms with Crippen LogP contribution in [0.3, 0.4) is 0 Å². The van der Waals surface area contributed by atoms with Crippen molar-refractivity contribution in [3.63, 3.8) is 0 Å². The third-order valence-electron chi connectivity index (χ3n) is 7.90. The van der Waals surface area contributed by atoms with Crippen LogP contribution in [0.25, 0.3) is 0 Å². The number of aryl methyl sites for hydroxylation is 1. The molecule has 1 fully saturated rings. The van der Waals surface area contributed by atoms with E-state index in [4.69, 9.17) is 11.6 Å². The molecule has 3 heterocycles. The van der Waals surface area contributed by atoms with E-state index in [1.54, 1.807) is 45.9 Å². The molecule has 216 valence electrons. The number of nitrogens with one attached hydrogen (secondary N) is 2. The summed E-state index contributed by atoms with van der Waals surface area (Å²) in [5.74, 6) is -1.88. The Morgan fingerprint density at radius 1 is 1.27 bits per heavy atom. The second-order valence-electron chi connectivity index (χ2n) is 11.2. The maximum absolute atomic E-state index is 15.7. The number of hydrogen-bond donors (Lipinski definition) is 4. The average molecular weight is 576 g/mol. The lowest BCUT2D eigenvalue weighted by Gasteiger charge is -2.46. The van der Waals surface area contributed by atoms with E-state index in [1.165, 1.54) is 6.07 Å². The number of halogens is 3. The molecule has 0 spiro atoms. The maximum Gasteiger partial charge on any atom is 0.176 e. The molecule has 0 radical (unpaired) electrons. The number of aromatic amines is 1. The molecule has 11 heteroatoms. The van der Waals surface area contributed by atoms with E-state index in [2.05, 4.69) is 25.4 Å². The van der Waals surface area contributed by atoms with Gasteiger partial charge in [0.15, 0.2) is 29.5 Å². The number of piperidine rings is 1. The maximum atomic E-state index is 15.7. The highest BCUT2D eigenvalue weighted by Gasteiger charge is 2.44. The Morgan fingerprint density at radius 2 is 2.00 bits per heavy atom. The average Bonchev–Trinajstić information content (AvgIpc) is 3.30. The molecule has 4 N–H and O–H groups in total. The number of aromatic nitrogens is 3. The van der Waals surface area contributed by atoms with Gasteiger partial charge < -0.3 is 15.5 Å². The van der Waals surface area contributed by atoms with E-state index < -0.39 is 29.3 Å². The van der Waals surface area contributed by atoms with Gasteiger partial charge in [0.1, 0.15) is 5.82 Å². The van der Waals surface area contributed by atoms with Crippen LogP contribution in [0.1, 0.15) is 66.5 Å². The predicted molar refractivity (Wildman–Crippen MR) is 150 cm³/mol. The van der Waals surface area contributed by atoms with E-state index >= 15 is 4.39 Å². The number of nitrogens with zero attached hydrogens (tertiary/aromatic N) is 3. The molecule has 1 aromatic carbocycles. The highest BCUT2D eigenvalue weighted by molar-refractivity contribution is 6.30. The van der Waals surface area contributed by atoms with Crippen LogP contribution >= 0.6 is 11.6 Å². The van der Waals surface area contributed by atoms with Gasteiger partial charge in [-0.05, 0) is 51.8 Å². The second-order valence-corrected chi connectivity index (χ2v) is 11.6. The van der Waals surface area contributed by atoms with Crippen LogP contribution in [-0.4, -0.2) is 55.0 Å². The van der Waals surface area contributed by atoms with Gasteiger partial charge in [-0.25, -0.2) is 13.8 Å². The van der Waals surface area contributed by atoms with E-state index in [0.29, 0.717) is 48.6 Å². The first-order valence-electron chi connectivity index (χ1n) is 13.4. The summed E-state index contributed by atoms with van der Waals surface area (Å²) in [5, 5.41) is 31.1. The molecule has 0 aliphatic carbocycles. The van der Waals surface area contributed by atoms with E-state index in [9.17, 15) is 19.4 Å². The zero-order chi connectivity index (χ0) is 29.4. The van der Waals surface area contributed by atoms with Crippen LogP contribution < -0.4 is 5.32 Å². The number of carbonyl (C=O) groups excluding carboxylic acids is 1. The summed E-state index contributed by atoms with van der Waals surface area (Å²) in [7, 11) is 0. The summed E-state index contributed by atoms with van der Waals surface area (Å²) < 4.78 is 30.3. The number of rotatable bonds is 9. The highest BCUT2D eigenvalue weighted by Crippen LogP contribution is 2.42. The smallest absolute Gasteiger partial charge is 0.176 e. The van der Waals surface area contributed by atoms with Crippen molar-refractivity contribution in [3.05, 3.63) is 69.0 Å². The summed E-state index contributed by atoms with van der Waals surface area (Å²) >= 11 is 5.96. The molecule has 8 nitrogen and oxygen atoms in total. The number of likely N-dealkylation sites (tertiary alicyclic amines) is 1. The Hall–Kier alpha value is -2.92. The molecular weight excluding hydrogens is 540 g/mol. The summed E-state index contributed by atoms with van der Waals surface area (Å²) in [4.78, 5) is 19.7. The molecule has 4 rings (SSSR count). The fraction of sp³-hybridized carbons (Fsp3) is 0.483. The lowest BCUT2D eigenvalue weighted by molar-refractivity contribution is -0.162. The normalized spacial score (nSPS) is 19.9. The predicted octanol–water partition coefficient (Wildman–Crippen LogP) is 5.46. The summed E-state index contributed by atoms with van der Waals surface area (Å²) in [6.45, 7) is 9.57. The van der Waals surface area contributed by atoms with Gasteiger partial charge in [0.2, 0.25) is 0 Å². The largest absolute Gasteiger partial charge is 0.368 e. The standard InChI is InChI=1S/C29H36ClF2N5O3/c1-15(2)26(38)23-18(5)21(33-27(25(23)32)34-22-11-16(3)35-36-22)13-29(28(39)40)9-10-37(17(4)12-29)14-19-7-6-8-20(30)24(19)31/h6-8,11,15,17,28,39-40H,9-10,12-14H2,1-5H3,(H2,33,34,35,36)/t17-,29-/m1/s1. The highest BCUT2D eigenvalue weighted by atomic mass is 35.5. The molecule has 1 aliphatic heterocycles. The number of ketones is 1. The summed E-state index contributed by atoms with van der Waals surface area (Å²) in [5.41, 5.74) is 0.907. The zero-order valence-electron chi connectivity index (χ0n) is 23.4. The fourth-order valence-corrected chi connectivity index (χ4v) is 5.68. The third kappa shape index (κ3) is 6.05. The van der Waals surface area contributed by atoms with Gasteiger partial charge >= 0.3 is 0 Å². The molecule has 2 atom stereocenters. The van der Waals surface area contributed by atoms with Gasteiger partial charge in [0.25, 0.3) is 0 Å². The lowest BCUT2D eigenvalue weighted by atomic mass is 9.71. The van der Waals surface area contributed by atoms with Crippen molar-refractivity contribution in [1.82, 2.24) is 20.1 Å². The second kappa shape index (κ2) is 11.9. The summed E-state index contributed by atoms with van der Waals surface area (Å²) in [6.07, 6.45) is -0.863. The number of Topliss-reactive ketones (excluding diaryl/α,β-unsaturated/α-hetero) is 1. The molecule has 0 unspecified atom stereocenters. The van der Waals surface area contributed by atoms with Crippen LogP contribution in [0.5, 0.6) is 0 Å². The molecule has 0 bridgehead atoms. The zero-order valence-corrected chi connectivity index (χ0v) is 24.1. The first-order chi connectivity index (χ1) is 18.8. The van der Waals surface area contributed by atoms with Crippen LogP contribution in [0.4, 0.5) is 20.4 Å². The molecule has 1 aliphatic rings. The minimum Gasteiger partial charge on any atom is -0.368 e. The fourth-order valence-electron chi connectivity index (χ4n) is 5.49. The van der Waals surface area contributed by atoms with Crippen LogP contribution in [0.15, 0.2) is 24.3 Å². The SMILES string of the molecule is Cc1cc(Nc2nc(C[C@@]3(C(O)O)CCN(Cc4cccc(Cl)c4F)[C@H](C)C3)c(C)c(C(=O)C(C)C)c2F)n[nH]1. The number of anilines is 2. The Bertz CT molecular complexity index is 1400. The Balaban J connectivity index is 1.67. The molecule has 0 saturated carbocycles. The number of H-pyrrole nitrogens is 1. The quantitative estimate of drug-likeness (QED) is 0.198. The van der Waals surface area contributed by atoms with Gasteiger partial charge in [0, 0.05) is 53.4 Å². The Labute approximate surface area is 237 Å². The van der Waals surface area contributed by atoms with Crippen molar-refractivity contribution in [2.45, 2.75) is 72.8 Å². The number of carbonyl (C=O) groups is 1. The first-order valence-corrected chi connectivity index (χ1v) is 13.8. The van der Waals surface area contributed by atoms with Crippen molar-refractivity contribution in [3.8, 4) is 0 Å². The first kappa shape index (κ1) is 30.0. The van der Waals surface area contributed by atoms with Crippen LogP contribution in [0, 0.1) is 36.8 Å². The number of benzene rings is 1. The van der Waals surface area contributed by atoms with E-state index in [1.807, 2.05) is 6.92 Å². The van der Waals surface area contributed by atoms with Gasteiger partial charge in [-0.3, -0.25) is 14.8 Å². The minimum atomic E-state index is -1.69. The van der Waals surface area contributed by atoms with Crippen LogP contribution in [0.2, 0.25) is 5.02 Å². The number of aliphatic hydroxyl groups is 2. The topological polar surface area (TPSA) is 114 Å². The molecule has 2 aromatic heterocycles. The third-order valence-corrected chi connectivity index (χ3v) is 8.19. The molecular formula is C29H36ClF2N5O3. The van der Waals surface area contributed by atoms with Gasteiger partial charge in [-0.15, -0.1) is 0 Å². The summed E-state index contributed by atoms with van der Waals surface area (Å²) in [6, 6.07) is 6.43. The van der Waals surface area contributed by atoms with Gasteiger partial charge in [0.05, 0.1) is 10.6 Å². The van der Waals surface area contributed by atoms with Crippen molar-refractivity contribution in [2.24, 2.45) is 11.3 Å². The Morgan fingerprint density at radius 3 is 2.60 bits per heavy atom. The van der Waals surface area contributed by atoms with Crippen molar-refractivity contribution in [1.29, 1.82) is 0 Å². The van der Waals surface area contributed by atoms with Gasteiger partial charge in [-0.1, -0.05) is 37.6 Å². The lowest BCUT2D eigenvalue weighted by Crippen LogP contribution is -2.51. The van der Waals surface area contributed by atoms with Crippen molar-refractivity contribution >= 4 is 29.0 Å². The minimum absolute atomic E-state index is 0.0568. The van der Waals surface area contributed by atoms with E-state index in [0.717, 1.165) is 5.69 Å². The van der Waals surface area contributed by atoms with Crippen LogP contribution in [-0.2, 0) is 13.0 Å². The Kier molecular flexibility index (Phi) is 8.94. The number of aliphatic hydroxyl groups excluding tert-OH is 1. The van der Waals surface area contributed by atoms with E-state index in [-0.39, 0.29) is 34.6 Å². The molecule has 3 aromatic rings. The van der Waals surface area contributed by atoms with Crippen molar-refractivity contribution < 1.29 is 23.8 Å². The van der Waals surface area contributed by atoms with Crippen molar-refractivity contribution in [2.75, 3.05) is 11.9 Å². The monoisotopic (exact) mass is 575 g/mol. The molecule has 0 amide bonds. The van der Waals surface area contributed by atoms with Gasteiger partial charge in [-0.2, -0.15) is 5.10 Å². The molecule has 40 heavy (non-hydrogen) atoms. The number of hydrogen-bond acceptors (Lipinski definition) is 7. The molecule has 1 saturated heterocycles.